The topological polar surface area (TPSA) is 69.2 Å². The highest BCUT2D eigenvalue weighted by molar-refractivity contribution is 6.37. The van der Waals surface area contributed by atoms with Gasteiger partial charge in [0, 0.05) is 6.08 Å². The van der Waals surface area contributed by atoms with Gasteiger partial charge in [-0.1, -0.05) is 23.2 Å². The quantitative estimate of drug-likeness (QED) is 0.330. The van der Waals surface area contributed by atoms with Gasteiger partial charge in [0.1, 0.15) is 10.0 Å². The summed E-state index contributed by atoms with van der Waals surface area (Å²) >= 11 is 16.9. The molecule has 0 spiro atoms. The average molecular weight is 243 g/mol. The Balaban J connectivity index is 3.08. The van der Waals surface area contributed by atoms with E-state index in [2.05, 4.69) is 0 Å². The van der Waals surface area contributed by atoms with Gasteiger partial charge in [-0.2, -0.15) is 0 Å². The summed E-state index contributed by atoms with van der Waals surface area (Å²) in [6, 6.07) is 0. The van der Waals surface area contributed by atoms with Gasteiger partial charge >= 0.3 is 0 Å². The number of allylic oxidation sites excluding steroid dienone is 1. The third-order valence-corrected chi connectivity index (χ3v) is 2.76. The number of hydrogen-bond acceptors (Lipinski definition) is 3. The first-order valence-electron chi connectivity index (χ1n) is 3.21. The van der Waals surface area contributed by atoms with Gasteiger partial charge in [-0.3, -0.25) is 10.1 Å². The van der Waals surface area contributed by atoms with E-state index in [9.17, 15) is 10.1 Å². The minimum atomic E-state index is -1.36. The van der Waals surface area contributed by atoms with Crippen molar-refractivity contribution in [2.45, 2.75) is 10.4 Å². The molecule has 0 saturated carbocycles. The van der Waals surface area contributed by atoms with Crippen LogP contribution in [0.4, 0.5) is 0 Å². The predicted molar refractivity (Wildman–Crippen MR) is 51.4 cm³/mol. The van der Waals surface area contributed by atoms with E-state index >= 15 is 0 Å². The van der Waals surface area contributed by atoms with Crippen LogP contribution in [0.25, 0.3) is 0 Å². The van der Waals surface area contributed by atoms with Crippen molar-refractivity contribution in [3.05, 3.63) is 33.0 Å². The Bertz CT molecular complexity index is 311. The summed E-state index contributed by atoms with van der Waals surface area (Å²) in [5.41, 5.74) is 5.20. The first-order valence-corrected chi connectivity index (χ1v) is 4.40. The second kappa shape index (κ2) is 3.46. The van der Waals surface area contributed by atoms with E-state index < -0.39 is 15.3 Å². The third-order valence-electron chi connectivity index (χ3n) is 1.52. The Labute approximate surface area is 89.1 Å². The molecule has 0 aromatic carbocycles. The summed E-state index contributed by atoms with van der Waals surface area (Å²) < 4.78 is 0. The Morgan fingerprint density at radius 2 is 2.23 bits per heavy atom. The van der Waals surface area contributed by atoms with Crippen LogP contribution >= 0.6 is 34.8 Å². The zero-order valence-electron chi connectivity index (χ0n) is 6.21. The second-order valence-corrected chi connectivity index (χ2v) is 4.06. The highest BCUT2D eigenvalue weighted by Crippen LogP contribution is 2.33. The lowest BCUT2D eigenvalue weighted by Crippen LogP contribution is -2.42. The van der Waals surface area contributed by atoms with E-state index in [1.807, 2.05) is 0 Å². The van der Waals surface area contributed by atoms with Crippen molar-refractivity contribution in [1.82, 2.24) is 0 Å². The van der Waals surface area contributed by atoms with Crippen molar-refractivity contribution in [3.8, 4) is 0 Å². The van der Waals surface area contributed by atoms with Gasteiger partial charge in [-0.05, 0) is 6.08 Å². The Hall–Kier alpha value is -0.290. The molecule has 2 atom stereocenters. The molecule has 7 heteroatoms. The lowest BCUT2D eigenvalue weighted by molar-refractivity contribution is -0.420. The lowest BCUT2D eigenvalue weighted by atomic mass is 10.1. The molecule has 2 N–H and O–H groups in total. The number of hydrogen-bond donors (Lipinski definition) is 1. The normalized spacial score (nSPS) is 33.7. The van der Waals surface area contributed by atoms with E-state index in [-0.39, 0.29) is 10.7 Å². The zero-order chi connectivity index (χ0) is 10.2. The van der Waals surface area contributed by atoms with E-state index in [4.69, 9.17) is 40.5 Å². The maximum absolute atomic E-state index is 10.4. The Kier molecular flexibility index (Phi) is 2.87. The smallest absolute Gasteiger partial charge is 0.285 e. The standard InChI is InChI=1S/C6H5Cl3N2O2/c7-3-2-6(9,10)5(8)1-4(3)11(12)13/h1-2,5H,10H2. The highest BCUT2D eigenvalue weighted by Gasteiger charge is 2.36. The van der Waals surface area contributed by atoms with Gasteiger partial charge in [-0.15, -0.1) is 11.6 Å². The van der Waals surface area contributed by atoms with Gasteiger partial charge < -0.3 is 5.73 Å². The summed E-state index contributed by atoms with van der Waals surface area (Å²) in [4.78, 5) is 8.39. The van der Waals surface area contributed by atoms with Crippen molar-refractivity contribution in [2.24, 2.45) is 5.73 Å². The van der Waals surface area contributed by atoms with Crippen LogP contribution in [0.3, 0.4) is 0 Å². The summed E-state index contributed by atoms with van der Waals surface area (Å²) in [6.07, 6.45) is 2.28. The van der Waals surface area contributed by atoms with E-state index in [1.54, 1.807) is 0 Å². The maximum Gasteiger partial charge on any atom is 0.285 e. The molecule has 13 heavy (non-hydrogen) atoms. The minimum absolute atomic E-state index is 0.0978. The van der Waals surface area contributed by atoms with Crippen LogP contribution in [0.5, 0.6) is 0 Å². The molecule has 1 rings (SSSR count). The highest BCUT2D eigenvalue weighted by atomic mass is 35.5. The van der Waals surface area contributed by atoms with E-state index in [0.717, 1.165) is 12.2 Å². The van der Waals surface area contributed by atoms with Crippen LogP contribution in [-0.4, -0.2) is 15.3 Å². The van der Waals surface area contributed by atoms with Crippen molar-refractivity contribution in [1.29, 1.82) is 0 Å². The fourth-order valence-electron chi connectivity index (χ4n) is 0.842. The van der Waals surface area contributed by atoms with Crippen LogP contribution in [0, 0.1) is 10.1 Å². The molecule has 4 nitrogen and oxygen atoms in total. The van der Waals surface area contributed by atoms with Gasteiger partial charge in [-0.25, -0.2) is 0 Å². The van der Waals surface area contributed by atoms with Crippen molar-refractivity contribution >= 4 is 34.8 Å². The van der Waals surface area contributed by atoms with Crippen LogP contribution in [0.2, 0.25) is 0 Å². The predicted octanol–water partition coefficient (Wildman–Crippen LogP) is 1.78. The molecular weight excluding hydrogens is 238 g/mol. The summed E-state index contributed by atoms with van der Waals surface area (Å²) in [5.74, 6) is 0. The fraction of sp³-hybridized carbons (Fsp3) is 0.333. The van der Waals surface area contributed by atoms with Gasteiger partial charge in [0.25, 0.3) is 5.70 Å². The first kappa shape index (κ1) is 10.8. The van der Waals surface area contributed by atoms with Crippen LogP contribution in [-0.2, 0) is 0 Å². The van der Waals surface area contributed by atoms with Crippen LogP contribution in [0.15, 0.2) is 22.9 Å². The number of nitrogens with zero attached hydrogens (tertiary/aromatic N) is 1. The molecule has 72 valence electrons. The van der Waals surface area contributed by atoms with E-state index in [1.165, 1.54) is 0 Å². The molecule has 1 aliphatic carbocycles. The Morgan fingerprint density at radius 1 is 1.69 bits per heavy atom. The third kappa shape index (κ3) is 2.14. The van der Waals surface area contributed by atoms with Crippen molar-refractivity contribution in [2.75, 3.05) is 0 Å². The molecule has 0 heterocycles. The molecule has 0 amide bonds. The minimum Gasteiger partial charge on any atom is -0.308 e. The second-order valence-electron chi connectivity index (χ2n) is 2.53. The van der Waals surface area contributed by atoms with Gasteiger partial charge in [0.2, 0.25) is 0 Å². The molecular formula is C6H5Cl3N2O2. The fourth-order valence-corrected chi connectivity index (χ4v) is 1.56. The monoisotopic (exact) mass is 242 g/mol. The summed E-state index contributed by atoms with van der Waals surface area (Å²) in [6.45, 7) is 0. The van der Waals surface area contributed by atoms with E-state index in [0.29, 0.717) is 0 Å². The number of nitrogens with two attached hydrogens (primary N) is 1. The molecule has 2 unspecified atom stereocenters. The van der Waals surface area contributed by atoms with Gasteiger partial charge in [0.15, 0.2) is 0 Å². The SMILES string of the molecule is NC1(Cl)C=C(Cl)C([N+](=O)[O-])=CC1Cl. The molecule has 0 aliphatic heterocycles. The molecule has 0 fully saturated rings. The number of halogens is 3. The molecule has 0 saturated heterocycles. The van der Waals surface area contributed by atoms with Gasteiger partial charge in [0.05, 0.1) is 10.3 Å². The average Bonchev–Trinajstić information content (AvgIpc) is 1.95. The molecule has 0 bridgehead atoms. The molecule has 0 aromatic rings. The largest absolute Gasteiger partial charge is 0.308 e. The van der Waals surface area contributed by atoms with Crippen LogP contribution in [0.1, 0.15) is 0 Å². The lowest BCUT2D eigenvalue weighted by Gasteiger charge is -2.24. The van der Waals surface area contributed by atoms with Crippen molar-refractivity contribution in [3.63, 3.8) is 0 Å². The number of nitro groups is 1. The maximum atomic E-state index is 10.4. The molecule has 0 radical (unpaired) electrons. The number of alkyl halides is 2. The van der Waals surface area contributed by atoms with Crippen LogP contribution < -0.4 is 5.73 Å². The Morgan fingerprint density at radius 3 is 2.69 bits per heavy atom. The zero-order valence-corrected chi connectivity index (χ0v) is 8.47. The molecule has 0 aromatic heterocycles. The number of rotatable bonds is 1. The van der Waals surface area contributed by atoms with Crippen molar-refractivity contribution < 1.29 is 4.92 Å². The summed E-state index contributed by atoms with van der Waals surface area (Å²) in [5, 5.41) is 9.44. The summed E-state index contributed by atoms with van der Waals surface area (Å²) in [7, 11) is 0. The first-order chi connectivity index (χ1) is 5.84. The molecule has 1 aliphatic rings.